The van der Waals surface area contributed by atoms with E-state index in [0.717, 1.165) is 35.2 Å². The minimum Gasteiger partial charge on any atom is -0.338 e. The Kier molecular flexibility index (Phi) is 3.50. The summed E-state index contributed by atoms with van der Waals surface area (Å²) in [6, 6.07) is 14.3. The molecule has 1 aliphatic heterocycles. The molecule has 114 valence electrons. The van der Waals surface area contributed by atoms with E-state index in [-0.39, 0.29) is 5.91 Å². The third-order valence-electron chi connectivity index (χ3n) is 4.44. The first-order chi connectivity index (χ1) is 11.3. The zero-order valence-electron chi connectivity index (χ0n) is 12.8. The smallest absolute Gasteiger partial charge is 0.227 e. The van der Waals surface area contributed by atoms with Crippen molar-refractivity contribution < 1.29 is 4.79 Å². The standard InChI is InChI=1S/C19H17N3O/c23-19(22-9-8-18-16(12-22)11-20-13-21-18)10-15-6-3-5-14-4-1-2-7-17(14)15/h1-7,11,13H,8-10,12H2. The molecule has 0 spiro atoms. The fraction of sp³-hybridized carbons (Fsp3) is 0.211. The summed E-state index contributed by atoms with van der Waals surface area (Å²) in [4.78, 5) is 23.0. The summed E-state index contributed by atoms with van der Waals surface area (Å²) >= 11 is 0. The van der Waals surface area contributed by atoms with Crippen molar-refractivity contribution >= 4 is 16.7 Å². The van der Waals surface area contributed by atoms with Gasteiger partial charge in [0.05, 0.1) is 12.1 Å². The van der Waals surface area contributed by atoms with Crippen LogP contribution in [-0.2, 0) is 24.2 Å². The van der Waals surface area contributed by atoms with Gasteiger partial charge < -0.3 is 4.90 Å². The summed E-state index contributed by atoms with van der Waals surface area (Å²) < 4.78 is 0. The van der Waals surface area contributed by atoms with Crippen molar-refractivity contribution in [2.24, 2.45) is 0 Å². The Morgan fingerprint density at radius 1 is 1.13 bits per heavy atom. The van der Waals surface area contributed by atoms with E-state index in [2.05, 4.69) is 28.2 Å². The van der Waals surface area contributed by atoms with Gasteiger partial charge in [-0.15, -0.1) is 0 Å². The largest absolute Gasteiger partial charge is 0.338 e. The van der Waals surface area contributed by atoms with Gasteiger partial charge in [-0.25, -0.2) is 9.97 Å². The van der Waals surface area contributed by atoms with Crippen molar-refractivity contribution in [2.75, 3.05) is 6.54 Å². The molecule has 2 heterocycles. The van der Waals surface area contributed by atoms with Crippen LogP contribution in [0, 0.1) is 0 Å². The predicted octanol–water partition coefficient (Wildman–Crippen LogP) is 2.76. The highest BCUT2D eigenvalue weighted by atomic mass is 16.2. The van der Waals surface area contributed by atoms with Crippen LogP contribution in [0.2, 0.25) is 0 Å². The molecule has 0 saturated carbocycles. The first-order valence-corrected chi connectivity index (χ1v) is 7.83. The van der Waals surface area contributed by atoms with Gasteiger partial charge in [-0.2, -0.15) is 0 Å². The second kappa shape index (κ2) is 5.80. The first-order valence-electron chi connectivity index (χ1n) is 7.83. The van der Waals surface area contributed by atoms with Gasteiger partial charge in [0.15, 0.2) is 0 Å². The average molecular weight is 303 g/mol. The van der Waals surface area contributed by atoms with E-state index < -0.39 is 0 Å². The van der Waals surface area contributed by atoms with E-state index >= 15 is 0 Å². The SMILES string of the molecule is O=C(Cc1cccc2ccccc12)N1CCc2ncncc2C1. The number of fused-ring (bicyclic) bond motifs is 2. The molecule has 1 amide bonds. The van der Waals surface area contributed by atoms with Gasteiger partial charge in [-0.05, 0) is 16.3 Å². The molecule has 0 aliphatic carbocycles. The van der Waals surface area contributed by atoms with E-state index in [4.69, 9.17) is 0 Å². The molecule has 0 saturated heterocycles. The number of hydrogen-bond acceptors (Lipinski definition) is 3. The number of hydrogen-bond donors (Lipinski definition) is 0. The topological polar surface area (TPSA) is 46.1 Å². The Labute approximate surface area is 134 Å². The van der Waals surface area contributed by atoms with Crippen molar-refractivity contribution in [2.45, 2.75) is 19.4 Å². The Hall–Kier alpha value is -2.75. The predicted molar refractivity (Wildman–Crippen MR) is 88.8 cm³/mol. The van der Waals surface area contributed by atoms with Crippen molar-refractivity contribution in [1.82, 2.24) is 14.9 Å². The van der Waals surface area contributed by atoms with Crippen LogP contribution < -0.4 is 0 Å². The highest BCUT2D eigenvalue weighted by molar-refractivity contribution is 5.90. The van der Waals surface area contributed by atoms with Gasteiger partial charge in [0, 0.05) is 31.3 Å². The van der Waals surface area contributed by atoms with E-state index in [9.17, 15) is 4.79 Å². The number of aromatic nitrogens is 2. The minimum atomic E-state index is 0.163. The molecule has 0 N–H and O–H groups in total. The van der Waals surface area contributed by atoms with Crippen molar-refractivity contribution in [1.29, 1.82) is 0 Å². The first kappa shape index (κ1) is 13.9. The second-order valence-electron chi connectivity index (χ2n) is 5.88. The molecule has 1 aromatic heterocycles. The van der Waals surface area contributed by atoms with Crippen LogP contribution in [0.3, 0.4) is 0 Å². The maximum Gasteiger partial charge on any atom is 0.227 e. The number of nitrogens with zero attached hydrogens (tertiary/aromatic N) is 3. The third kappa shape index (κ3) is 2.68. The molecule has 4 rings (SSSR count). The maximum atomic E-state index is 12.7. The lowest BCUT2D eigenvalue weighted by molar-refractivity contribution is -0.131. The normalized spacial score (nSPS) is 13.8. The van der Waals surface area contributed by atoms with E-state index in [0.29, 0.717) is 13.0 Å². The molecule has 4 heteroatoms. The quantitative estimate of drug-likeness (QED) is 0.731. The van der Waals surface area contributed by atoms with Gasteiger partial charge in [0.25, 0.3) is 0 Å². The number of rotatable bonds is 2. The Morgan fingerprint density at radius 2 is 2.00 bits per heavy atom. The van der Waals surface area contributed by atoms with Gasteiger partial charge >= 0.3 is 0 Å². The van der Waals surface area contributed by atoms with E-state index in [1.54, 1.807) is 6.33 Å². The van der Waals surface area contributed by atoms with Gasteiger partial charge in [-0.1, -0.05) is 42.5 Å². The monoisotopic (exact) mass is 303 g/mol. The van der Waals surface area contributed by atoms with Crippen LogP contribution in [0.15, 0.2) is 55.0 Å². The Morgan fingerprint density at radius 3 is 2.96 bits per heavy atom. The maximum absolute atomic E-state index is 12.7. The molecule has 23 heavy (non-hydrogen) atoms. The average Bonchev–Trinajstić information content (AvgIpc) is 2.61. The Balaban J connectivity index is 1.56. The van der Waals surface area contributed by atoms with Crippen LogP contribution in [0.25, 0.3) is 10.8 Å². The summed E-state index contributed by atoms with van der Waals surface area (Å²) in [5.74, 6) is 0.163. The molecule has 2 aromatic carbocycles. The fourth-order valence-electron chi connectivity index (χ4n) is 3.20. The molecule has 3 aromatic rings. The zero-order chi connectivity index (χ0) is 15.6. The number of benzene rings is 2. The van der Waals surface area contributed by atoms with Crippen LogP contribution in [0.4, 0.5) is 0 Å². The number of amides is 1. The lowest BCUT2D eigenvalue weighted by atomic mass is 10.0. The lowest BCUT2D eigenvalue weighted by Gasteiger charge is -2.28. The highest BCUT2D eigenvalue weighted by Crippen LogP contribution is 2.21. The molecule has 1 aliphatic rings. The third-order valence-corrected chi connectivity index (χ3v) is 4.44. The molecular formula is C19H17N3O. The van der Waals surface area contributed by atoms with Crippen LogP contribution in [-0.4, -0.2) is 27.3 Å². The highest BCUT2D eigenvalue weighted by Gasteiger charge is 2.22. The van der Waals surface area contributed by atoms with E-state index in [1.807, 2.05) is 35.4 Å². The van der Waals surface area contributed by atoms with Gasteiger partial charge in [0.1, 0.15) is 6.33 Å². The summed E-state index contributed by atoms with van der Waals surface area (Å²) in [5.41, 5.74) is 3.21. The van der Waals surface area contributed by atoms with E-state index in [1.165, 1.54) is 5.39 Å². The minimum absolute atomic E-state index is 0.163. The molecule has 0 radical (unpaired) electrons. The van der Waals surface area contributed by atoms with Crippen molar-refractivity contribution in [3.8, 4) is 0 Å². The number of carbonyl (C=O) groups is 1. The van der Waals surface area contributed by atoms with Crippen molar-refractivity contribution in [3.63, 3.8) is 0 Å². The Bertz CT molecular complexity index is 870. The lowest BCUT2D eigenvalue weighted by Crippen LogP contribution is -2.37. The molecule has 0 atom stereocenters. The van der Waals surface area contributed by atoms with Crippen LogP contribution >= 0.6 is 0 Å². The van der Waals surface area contributed by atoms with Crippen LogP contribution in [0.1, 0.15) is 16.8 Å². The molecule has 0 unspecified atom stereocenters. The molecule has 0 bridgehead atoms. The second-order valence-corrected chi connectivity index (χ2v) is 5.88. The van der Waals surface area contributed by atoms with Gasteiger partial charge in [-0.3, -0.25) is 4.79 Å². The molecular weight excluding hydrogens is 286 g/mol. The summed E-state index contributed by atoms with van der Waals surface area (Å²) in [6.45, 7) is 1.34. The van der Waals surface area contributed by atoms with Crippen molar-refractivity contribution in [3.05, 3.63) is 71.8 Å². The summed E-state index contributed by atoms with van der Waals surface area (Å²) in [7, 11) is 0. The fourth-order valence-corrected chi connectivity index (χ4v) is 3.20. The van der Waals surface area contributed by atoms with Gasteiger partial charge in [0.2, 0.25) is 5.91 Å². The summed E-state index contributed by atoms with van der Waals surface area (Å²) in [5, 5.41) is 2.33. The molecule has 4 nitrogen and oxygen atoms in total. The van der Waals surface area contributed by atoms with Crippen LogP contribution in [0.5, 0.6) is 0 Å². The molecule has 0 fully saturated rings. The summed E-state index contributed by atoms with van der Waals surface area (Å²) in [6.07, 6.45) is 4.63. The zero-order valence-corrected chi connectivity index (χ0v) is 12.8. The number of carbonyl (C=O) groups excluding carboxylic acids is 1.